The highest BCUT2D eigenvalue weighted by Crippen LogP contribution is 2.05. The molecule has 0 saturated carbocycles. The van der Waals surface area contributed by atoms with Gasteiger partial charge in [-0.25, -0.2) is 0 Å². The van der Waals surface area contributed by atoms with Crippen LogP contribution in [0.3, 0.4) is 0 Å². The Morgan fingerprint density at radius 1 is 1.24 bits per heavy atom. The predicted octanol–water partition coefficient (Wildman–Crippen LogP) is 1.21. The van der Waals surface area contributed by atoms with Gasteiger partial charge in [-0.15, -0.1) is 0 Å². The second-order valence-corrected chi connectivity index (χ2v) is 5.28. The largest absolute Gasteiger partial charge is 0.352 e. The van der Waals surface area contributed by atoms with Gasteiger partial charge in [0.1, 0.15) is 0 Å². The van der Waals surface area contributed by atoms with E-state index in [-0.39, 0.29) is 11.9 Å². The summed E-state index contributed by atoms with van der Waals surface area (Å²) in [7, 11) is 4.06. The summed E-state index contributed by atoms with van der Waals surface area (Å²) in [4.78, 5) is 13.9. The Morgan fingerprint density at radius 3 is 2.35 bits per heavy atom. The van der Waals surface area contributed by atoms with Gasteiger partial charge >= 0.3 is 0 Å². The lowest BCUT2D eigenvalue weighted by Gasteiger charge is -2.25. The van der Waals surface area contributed by atoms with Gasteiger partial charge in [-0.1, -0.05) is 20.3 Å². The molecular formula is C13H29N3O. The Hall–Kier alpha value is -0.610. The van der Waals surface area contributed by atoms with Crippen molar-refractivity contribution in [2.24, 2.45) is 11.7 Å². The van der Waals surface area contributed by atoms with E-state index in [4.69, 9.17) is 5.73 Å². The van der Waals surface area contributed by atoms with Crippen molar-refractivity contribution in [2.75, 3.05) is 27.2 Å². The van der Waals surface area contributed by atoms with Gasteiger partial charge in [-0.3, -0.25) is 4.79 Å². The first kappa shape index (κ1) is 16.4. The molecule has 0 aromatic carbocycles. The van der Waals surface area contributed by atoms with Gasteiger partial charge in [-0.2, -0.15) is 0 Å². The number of hydrogen-bond acceptors (Lipinski definition) is 3. The van der Waals surface area contributed by atoms with Crippen molar-refractivity contribution in [3.8, 4) is 0 Å². The van der Waals surface area contributed by atoms with Crippen LogP contribution in [0.1, 0.15) is 39.5 Å². The molecule has 1 atom stereocenters. The molecule has 0 aromatic heterocycles. The highest BCUT2D eigenvalue weighted by atomic mass is 16.1. The van der Waals surface area contributed by atoms with Crippen LogP contribution in [0.25, 0.3) is 0 Å². The van der Waals surface area contributed by atoms with E-state index in [0.717, 1.165) is 32.4 Å². The zero-order valence-electron chi connectivity index (χ0n) is 11.8. The van der Waals surface area contributed by atoms with Crippen molar-refractivity contribution < 1.29 is 4.79 Å². The van der Waals surface area contributed by atoms with Crippen LogP contribution < -0.4 is 11.1 Å². The van der Waals surface area contributed by atoms with Crippen molar-refractivity contribution in [1.82, 2.24) is 10.2 Å². The highest BCUT2D eigenvalue weighted by molar-refractivity contribution is 5.76. The molecule has 0 spiro atoms. The second kappa shape index (κ2) is 9.42. The van der Waals surface area contributed by atoms with Gasteiger partial charge < -0.3 is 16.0 Å². The highest BCUT2D eigenvalue weighted by Gasteiger charge is 2.16. The van der Waals surface area contributed by atoms with Crippen LogP contribution in [0.5, 0.6) is 0 Å². The lowest BCUT2D eigenvalue weighted by molar-refractivity contribution is -0.122. The minimum absolute atomic E-state index is 0.169. The number of likely N-dealkylation sites (N-methyl/N-ethyl adjacent to an activating group) is 1. The molecule has 4 heteroatoms. The molecule has 0 aliphatic carbocycles. The Kier molecular flexibility index (Phi) is 9.09. The standard InChI is InChI=1S/C13H29N3O/c1-11(2)12(10-16(3)4)15-13(17)8-6-5-7-9-14/h11-12H,5-10,14H2,1-4H3,(H,15,17). The van der Waals surface area contributed by atoms with E-state index in [2.05, 4.69) is 24.1 Å². The first-order valence-electron chi connectivity index (χ1n) is 6.61. The van der Waals surface area contributed by atoms with Gasteiger partial charge in [0, 0.05) is 19.0 Å². The summed E-state index contributed by atoms with van der Waals surface area (Å²) in [5.74, 6) is 0.632. The smallest absolute Gasteiger partial charge is 0.220 e. The minimum Gasteiger partial charge on any atom is -0.352 e. The number of nitrogens with zero attached hydrogens (tertiary/aromatic N) is 1. The SMILES string of the molecule is CC(C)C(CN(C)C)NC(=O)CCCCCN. The quantitative estimate of drug-likeness (QED) is 0.598. The molecule has 0 aliphatic heterocycles. The van der Waals surface area contributed by atoms with Crippen molar-refractivity contribution in [1.29, 1.82) is 0 Å². The Morgan fingerprint density at radius 2 is 1.88 bits per heavy atom. The summed E-state index contributed by atoms with van der Waals surface area (Å²) in [6, 6.07) is 0.243. The molecule has 0 fully saturated rings. The maximum absolute atomic E-state index is 11.7. The number of nitrogens with one attached hydrogen (secondary N) is 1. The molecule has 0 saturated heterocycles. The number of nitrogens with two attached hydrogens (primary N) is 1. The van der Waals surface area contributed by atoms with Gasteiger partial charge in [-0.05, 0) is 39.4 Å². The predicted molar refractivity (Wildman–Crippen MR) is 72.8 cm³/mol. The lowest BCUT2D eigenvalue weighted by atomic mass is 10.0. The zero-order valence-corrected chi connectivity index (χ0v) is 11.8. The summed E-state index contributed by atoms with van der Waals surface area (Å²) < 4.78 is 0. The zero-order chi connectivity index (χ0) is 13.3. The molecule has 3 N–H and O–H groups in total. The number of amides is 1. The van der Waals surface area contributed by atoms with Crippen molar-refractivity contribution in [3.05, 3.63) is 0 Å². The number of rotatable bonds is 9. The first-order chi connectivity index (χ1) is 7.97. The van der Waals surface area contributed by atoms with Crippen LogP contribution in [-0.2, 0) is 4.79 Å². The maximum Gasteiger partial charge on any atom is 0.220 e. The lowest BCUT2D eigenvalue weighted by Crippen LogP contribution is -2.44. The molecule has 0 rings (SSSR count). The number of unbranched alkanes of at least 4 members (excludes halogenated alkanes) is 2. The van der Waals surface area contributed by atoms with Crippen LogP contribution in [-0.4, -0.2) is 44.0 Å². The topological polar surface area (TPSA) is 58.4 Å². The summed E-state index contributed by atoms with van der Waals surface area (Å²) >= 11 is 0. The molecule has 102 valence electrons. The van der Waals surface area contributed by atoms with E-state index in [1.807, 2.05) is 14.1 Å². The molecule has 1 unspecified atom stereocenters. The third-order valence-electron chi connectivity index (χ3n) is 2.82. The van der Waals surface area contributed by atoms with Gasteiger partial charge in [0.15, 0.2) is 0 Å². The molecule has 17 heavy (non-hydrogen) atoms. The molecular weight excluding hydrogens is 214 g/mol. The molecule has 0 heterocycles. The Bertz CT molecular complexity index is 205. The fourth-order valence-electron chi connectivity index (χ4n) is 1.70. The van der Waals surface area contributed by atoms with E-state index in [0.29, 0.717) is 12.3 Å². The summed E-state index contributed by atoms with van der Waals surface area (Å²) in [6.45, 7) is 5.90. The number of carbonyl (C=O) groups excluding carboxylic acids is 1. The summed E-state index contributed by atoms with van der Waals surface area (Å²) in [5.41, 5.74) is 5.41. The normalized spacial score (nSPS) is 13.1. The van der Waals surface area contributed by atoms with Crippen molar-refractivity contribution >= 4 is 5.91 Å². The molecule has 0 aliphatic rings. The molecule has 0 aromatic rings. The van der Waals surface area contributed by atoms with Crippen molar-refractivity contribution in [2.45, 2.75) is 45.6 Å². The van der Waals surface area contributed by atoms with Crippen LogP contribution in [0, 0.1) is 5.92 Å². The van der Waals surface area contributed by atoms with Crippen LogP contribution in [0.2, 0.25) is 0 Å². The molecule has 4 nitrogen and oxygen atoms in total. The summed E-state index contributed by atoms with van der Waals surface area (Å²) in [6.07, 6.45) is 3.62. The third kappa shape index (κ3) is 9.12. The Labute approximate surface area is 106 Å². The van der Waals surface area contributed by atoms with Crippen molar-refractivity contribution in [3.63, 3.8) is 0 Å². The van der Waals surface area contributed by atoms with Crippen LogP contribution >= 0.6 is 0 Å². The first-order valence-corrected chi connectivity index (χ1v) is 6.61. The minimum atomic E-state index is 0.169. The monoisotopic (exact) mass is 243 g/mol. The van der Waals surface area contributed by atoms with E-state index in [1.165, 1.54) is 0 Å². The van der Waals surface area contributed by atoms with E-state index >= 15 is 0 Å². The second-order valence-electron chi connectivity index (χ2n) is 5.28. The molecule has 1 amide bonds. The number of carbonyl (C=O) groups is 1. The van der Waals surface area contributed by atoms with Gasteiger partial charge in [0.2, 0.25) is 5.91 Å². The van der Waals surface area contributed by atoms with E-state index in [9.17, 15) is 4.79 Å². The van der Waals surface area contributed by atoms with Crippen LogP contribution in [0.4, 0.5) is 0 Å². The average Bonchev–Trinajstić information content (AvgIpc) is 2.22. The fourth-order valence-corrected chi connectivity index (χ4v) is 1.70. The van der Waals surface area contributed by atoms with Gasteiger partial charge in [0.05, 0.1) is 0 Å². The third-order valence-corrected chi connectivity index (χ3v) is 2.82. The van der Waals surface area contributed by atoms with E-state index < -0.39 is 0 Å². The molecule has 0 radical (unpaired) electrons. The maximum atomic E-state index is 11.7. The van der Waals surface area contributed by atoms with Gasteiger partial charge in [0.25, 0.3) is 0 Å². The fraction of sp³-hybridized carbons (Fsp3) is 0.923. The number of hydrogen-bond donors (Lipinski definition) is 2. The Balaban J connectivity index is 3.87. The van der Waals surface area contributed by atoms with E-state index in [1.54, 1.807) is 0 Å². The molecule has 0 bridgehead atoms. The van der Waals surface area contributed by atoms with Crippen LogP contribution in [0.15, 0.2) is 0 Å². The average molecular weight is 243 g/mol. The summed E-state index contributed by atoms with van der Waals surface area (Å²) in [5, 5.41) is 3.11.